The number of hydrogen-bond donors (Lipinski definition) is 0. The van der Waals surface area contributed by atoms with Crippen molar-refractivity contribution < 1.29 is 4.39 Å². The highest BCUT2D eigenvalue weighted by atomic mass is 19.1. The largest absolute Gasteiger partial charge is 0.353 e. The van der Waals surface area contributed by atoms with Crippen LogP contribution in [0.2, 0.25) is 0 Å². The van der Waals surface area contributed by atoms with E-state index in [4.69, 9.17) is 0 Å². The van der Waals surface area contributed by atoms with Gasteiger partial charge in [0.15, 0.2) is 0 Å². The molecule has 0 bridgehead atoms. The van der Waals surface area contributed by atoms with Gasteiger partial charge in [-0.3, -0.25) is 0 Å². The van der Waals surface area contributed by atoms with E-state index in [2.05, 4.69) is 28.7 Å². The summed E-state index contributed by atoms with van der Waals surface area (Å²) in [6.07, 6.45) is 6.24. The molecular formula is C13H20FN3. The van der Waals surface area contributed by atoms with Crippen molar-refractivity contribution in [3.63, 3.8) is 0 Å². The van der Waals surface area contributed by atoms with Crippen LogP contribution in [0.4, 0.5) is 10.2 Å². The number of rotatable bonds is 4. The van der Waals surface area contributed by atoms with Gasteiger partial charge in [-0.25, -0.2) is 9.97 Å². The lowest BCUT2D eigenvalue weighted by Crippen LogP contribution is -2.37. The van der Waals surface area contributed by atoms with Gasteiger partial charge < -0.3 is 4.90 Å². The van der Waals surface area contributed by atoms with Crippen LogP contribution in [0.5, 0.6) is 0 Å². The van der Waals surface area contributed by atoms with Crippen molar-refractivity contribution in [3.8, 4) is 0 Å². The summed E-state index contributed by atoms with van der Waals surface area (Å²) >= 11 is 0. The fraction of sp³-hybridized carbons (Fsp3) is 0.692. The van der Waals surface area contributed by atoms with E-state index in [0.29, 0.717) is 12.0 Å². The molecule has 1 aliphatic carbocycles. The highest BCUT2D eigenvalue weighted by molar-refractivity contribution is 5.38. The van der Waals surface area contributed by atoms with Crippen LogP contribution in [-0.4, -0.2) is 22.6 Å². The molecule has 0 aliphatic heterocycles. The Labute approximate surface area is 102 Å². The third kappa shape index (κ3) is 3.14. The molecule has 0 radical (unpaired) electrons. The van der Waals surface area contributed by atoms with Crippen LogP contribution in [0.3, 0.4) is 0 Å². The van der Waals surface area contributed by atoms with Gasteiger partial charge >= 0.3 is 0 Å². The third-order valence-electron chi connectivity index (χ3n) is 3.24. The SMILES string of the molecule is CC(C)CN(c1cc(F)ncn1)C1CCCC1. The Balaban J connectivity index is 2.19. The fourth-order valence-corrected chi connectivity index (χ4v) is 2.52. The van der Waals surface area contributed by atoms with Gasteiger partial charge in [0.05, 0.1) is 0 Å². The third-order valence-corrected chi connectivity index (χ3v) is 3.24. The molecule has 17 heavy (non-hydrogen) atoms. The standard InChI is InChI=1S/C13H20FN3/c1-10(2)8-17(11-5-3-4-6-11)13-7-12(14)15-9-16-13/h7,9-11H,3-6,8H2,1-2H3. The van der Waals surface area contributed by atoms with Crippen LogP contribution in [0.1, 0.15) is 39.5 Å². The Morgan fingerprint density at radius 3 is 2.65 bits per heavy atom. The van der Waals surface area contributed by atoms with Gasteiger partial charge in [-0.1, -0.05) is 26.7 Å². The van der Waals surface area contributed by atoms with E-state index in [1.807, 2.05) is 0 Å². The Morgan fingerprint density at radius 1 is 1.35 bits per heavy atom. The number of hydrogen-bond acceptors (Lipinski definition) is 3. The van der Waals surface area contributed by atoms with Crippen molar-refractivity contribution in [2.75, 3.05) is 11.4 Å². The van der Waals surface area contributed by atoms with Crippen molar-refractivity contribution in [1.82, 2.24) is 9.97 Å². The van der Waals surface area contributed by atoms with Crippen molar-refractivity contribution in [2.24, 2.45) is 5.92 Å². The maximum atomic E-state index is 13.2. The van der Waals surface area contributed by atoms with Crippen LogP contribution < -0.4 is 4.90 Å². The zero-order valence-electron chi connectivity index (χ0n) is 10.6. The first-order valence-electron chi connectivity index (χ1n) is 6.41. The van der Waals surface area contributed by atoms with Crippen molar-refractivity contribution in [2.45, 2.75) is 45.6 Å². The summed E-state index contributed by atoms with van der Waals surface area (Å²) in [4.78, 5) is 9.99. The van der Waals surface area contributed by atoms with Crippen molar-refractivity contribution >= 4 is 5.82 Å². The zero-order chi connectivity index (χ0) is 12.3. The summed E-state index contributed by atoms with van der Waals surface area (Å²) in [7, 11) is 0. The minimum Gasteiger partial charge on any atom is -0.353 e. The molecule has 1 saturated carbocycles. The first-order chi connectivity index (χ1) is 8.16. The van der Waals surface area contributed by atoms with Gasteiger partial charge in [0.25, 0.3) is 0 Å². The number of aromatic nitrogens is 2. The van der Waals surface area contributed by atoms with Gasteiger partial charge in [-0.2, -0.15) is 4.39 Å². The van der Waals surface area contributed by atoms with Crippen LogP contribution in [0.25, 0.3) is 0 Å². The summed E-state index contributed by atoms with van der Waals surface area (Å²) in [5.41, 5.74) is 0. The predicted molar refractivity (Wildman–Crippen MR) is 66.4 cm³/mol. The molecule has 1 aliphatic rings. The van der Waals surface area contributed by atoms with Crippen LogP contribution in [0.15, 0.2) is 12.4 Å². The minimum absolute atomic E-state index is 0.443. The summed E-state index contributed by atoms with van der Waals surface area (Å²) < 4.78 is 13.2. The molecule has 1 heterocycles. The lowest BCUT2D eigenvalue weighted by Gasteiger charge is -2.31. The first kappa shape index (κ1) is 12.3. The second kappa shape index (κ2) is 5.43. The van der Waals surface area contributed by atoms with E-state index in [1.165, 1.54) is 38.1 Å². The average Bonchev–Trinajstić information content (AvgIpc) is 2.79. The molecule has 0 atom stereocenters. The zero-order valence-corrected chi connectivity index (χ0v) is 10.6. The van der Waals surface area contributed by atoms with Gasteiger partial charge in [0.2, 0.25) is 5.95 Å². The molecular weight excluding hydrogens is 217 g/mol. The van der Waals surface area contributed by atoms with Crippen molar-refractivity contribution in [1.29, 1.82) is 0 Å². The molecule has 1 fully saturated rings. The summed E-state index contributed by atoms with van der Waals surface area (Å²) in [6, 6.07) is 1.97. The Morgan fingerprint density at radius 2 is 2.06 bits per heavy atom. The number of nitrogens with zero attached hydrogens (tertiary/aromatic N) is 3. The van der Waals surface area contributed by atoms with Crippen LogP contribution in [-0.2, 0) is 0 Å². The van der Waals surface area contributed by atoms with E-state index in [9.17, 15) is 4.39 Å². The Kier molecular flexibility index (Phi) is 3.92. The summed E-state index contributed by atoms with van der Waals surface area (Å²) in [5.74, 6) is 0.841. The Bertz CT molecular complexity index is 361. The van der Waals surface area contributed by atoms with Gasteiger partial charge in [-0.15, -0.1) is 0 Å². The molecule has 0 amide bonds. The molecule has 4 heteroatoms. The minimum atomic E-state index is -0.443. The smallest absolute Gasteiger partial charge is 0.218 e. The number of anilines is 1. The van der Waals surface area contributed by atoms with Gasteiger partial charge in [-0.05, 0) is 18.8 Å². The molecule has 0 unspecified atom stereocenters. The van der Waals surface area contributed by atoms with E-state index in [-0.39, 0.29) is 0 Å². The van der Waals surface area contributed by atoms with Gasteiger partial charge in [0, 0.05) is 18.7 Å². The summed E-state index contributed by atoms with van der Waals surface area (Å²) in [6.45, 7) is 5.29. The summed E-state index contributed by atoms with van der Waals surface area (Å²) in [5, 5.41) is 0. The maximum Gasteiger partial charge on any atom is 0.218 e. The lowest BCUT2D eigenvalue weighted by atomic mass is 10.1. The molecule has 0 spiro atoms. The van der Waals surface area contributed by atoms with Gasteiger partial charge in [0.1, 0.15) is 12.1 Å². The topological polar surface area (TPSA) is 29.0 Å². The fourth-order valence-electron chi connectivity index (χ4n) is 2.52. The van der Waals surface area contributed by atoms with E-state index < -0.39 is 5.95 Å². The number of halogens is 1. The van der Waals surface area contributed by atoms with E-state index in [0.717, 1.165) is 12.4 Å². The highest BCUT2D eigenvalue weighted by Crippen LogP contribution is 2.27. The normalized spacial score (nSPS) is 16.7. The van der Waals surface area contributed by atoms with Crippen molar-refractivity contribution in [3.05, 3.63) is 18.3 Å². The van der Waals surface area contributed by atoms with Crippen LogP contribution in [0, 0.1) is 11.9 Å². The average molecular weight is 237 g/mol. The van der Waals surface area contributed by atoms with Crippen LogP contribution >= 0.6 is 0 Å². The lowest BCUT2D eigenvalue weighted by molar-refractivity contribution is 0.524. The maximum absolute atomic E-state index is 13.2. The first-order valence-corrected chi connectivity index (χ1v) is 6.41. The second-order valence-electron chi connectivity index (χ2n) is 5.18. The molecule has 1 aromatic heterocycles. The van der Waals surface area contributed by atoms with E-state index in [1.54, 1.807) is 0 Å². The monoisotopic (exact) mass is 237 g/mol. The quantitative estimate of drug-likeness (QED) is 0.754. The van der Waals surface area contributed by atoms with E-state index >= 15 is 0 Å². The molecule has 0 N–H and O–H groups in total. The molecule has 2 rings (SSSR count). The molecule has 0 aromatic carbocycles. The predicted octanol–water partition coefficient (Wildman–Crippen LogP) is 3.02. The molecule has 94 valence electrons. The second-order valence-corrected chi connectivity index (χ2v) is 5.18. The highest BCUT2D eigenvalue weighted by Gasteiger charge is 2.24. The Hall–Kier alpha value is -1.19. The molecule has 3 nitrogen and oxygen atoms in total. The molecule has 0 saturated heterocycles. The molecule has 1 aromatic rings.